The third-order valence-corrected chi connectivity index (χ3v) is 6.80. The molecule has 1 aliphatic rings. The van der Waals surface area contributed by atoms with E-state index in [-0.39, 0.29) is 12.1 Å². The van der Waals surface area contributed by atoms with Crippen molar-refractivity contribution >= 4 is 11.9 Å². The molecule has 4 nitrogen and oxygen atoms in total. The highest BCUT2D eigenvalue weighted by molar-refractivity contribution is 5.83. The number of hydrogen-bond donors (Lipinski definition) is 1. The van der Waals surface area contributed by atoms with Gasteiger partial charge < -0.3 is 9.84 Å². The molecule has 3 unspecified atom stereocenters. The Morgan fingerprint density at radius 3 is 1.75 bits per heavy atom. The predicted octanol–water partition coefficient (Wildman–Crippen LogP) is 8.24. The summed E-state index contributed by atoms with van der Waals surface area (Å²) in [6, 6.07) is 0. The zero-order valence-electron chi connectivity index (χ0n) is 21.0. The van der Waals surface area contributed by atoms with Crippen LogP contribution in [-0.4, -0.2) is 23.1 Å². The number of esters is 1. The van der Waals surface area contributed by atoms with Gasteiger partial charge in [0.05, 0.1) is 11.8 Å². The molecule has 32 heavy (non-hydrogen) atoms. The molecule has 0 amide bonds. The third-order valence-electron chi connectivity index (χ3n) is 6.80. The van der Waals surface area contributed by atoms with Crippen molar-refractivity contribution in [3.8, 4) is 0 Å². The van der Waals surface area contributed by atoms with Crippen LogP contribution in [0.4, 0.5) is 0 Å². The summed E-state index contributed by atoms with van der Waals surface area (Å²) in [5.74, 6) is -2.49. The number of aliphatic carboxylic acids is 1. The van der Waals surface area contributed by atoms with Crippen LogP contribution in [0.5, 0.6) is 0 Å². The molecule has 0 saturated heterocycles. The molecule has 3 atom stereocenters. The van der Waals surface area contributed by atoms with Crippen molar-refractivity contribution in [1.82, 2.24) is 0 Å². The summed E-state index contributed by atoms with van der Waals surface area (Å²) >= 11 is 0. The zero-order valence-corrected chi connectivity index (χ0v) is 21.0. The van der Waals surface area contributed by atoms with Crippen molar-refractivity contribution in [1.29, 1.82) is 0 Å². The molecule has 1 rings (SSSR count). The van der Waals surface area contributed by atoms with Crippen LogP contribution in [0.1, 0.15) is 136 Å². The van der Waals surface area contributed by atoms with Gasteiger partial charge in [-0.2, -0.15) is 0 Å². The lowest BCUT2D eigenvalue weighted by Gasteiger charge is -2.26. The van der Waals surface area contributed by atoms with Crippen molar-refractivity contribution in [2.24, 2.45) is 11.8 Å². The fraction of sp³-hybridized carbons (Fsp3) is 0.857. The molecule has 1 N–H and O–H groups in total. The van der Waals surface area contributed by atoms with Gasteiger partial charge in [-0.1, -0.05) is 109 Å². The molecule has 1 aliphatic carbocycles. The Kier molecular flexibility index (Phi) is 17.2. The molecular weight excluding hydrogens is 400 g/mol. The van der Waals surface area contributed by atoms with Crippen molar-refractivity contribution in [3.63, 3.8) is 0 Å². The Labute approximate surface area is 197 Å². The van der Waals surface area contributed by atoms with Crippen LogP contribution in [0.2, 0.25) is 0 Å². The van der Waals surface area contributed by atoms with E-state index in [4.69, 9.17) is 4.74 Å². The summed E-state index contributed by atoms with van der Waals surface area (Å²) < 4.78 is 5.92. The van der Waals surface area contributed by atoms with Gasteiger partial charge in [-0.05, 0) is 38.5 Å². The smallest absolute Gasteiger partial charge is 0.313 e. The first-order chi connectivity index (χ1) is 15.6. The summed E-state index contributed by atoms with van der Waals surface area (Å²) in [4.78, 5) is 24.4. The molecule has 186 valence electrons. The fourth-order valence-corrected chi connectivity index (χ4v) is 4.69. The van der Waals surface area contributed by atoms with Gasteiger partial charge >= 0.3 is 11.9 Å². The summed E-state index contributed by atoms with van der Waals surface area (Å²) in [6.07, 6.45) is 25.5. The molecule has 0 aromatic rings. The van der Waals surface area contributed by atoms with Gasteiger partial charge in [0.2, 0.25) is 0 Å². The van der Waals surface area contributed by atoms with Crippen molar-refractivity contribution in [2.75, 3.05) is 0 Å². The number of carbonyl (C=O) groups excluding carboxylic acids is 1. The summed E-state index contributed by atoms with van der Waals surface area (Å²) in [5, 5.41) is 9.49. The highest BCUT2D eigenvalue weighted by atomic mass is 16.5. The molecule has 0 aromatic carbocycles. The lowest BCUT2D eigenvalue weighted by molar-refractivity contribution is -0.160. The normalized spacial score (nSPS) is 19.1. The van der Waals surface area contributed by atoms with Gasteiger partial charge in [0, 0.05) is 0 Å². The number of allylic oxidation sites excluding steroid dienone is 1. The van der Waals surface area contributed by atoms with E-state index in [9.17, 15) is 14.7 Å². The summed E-state index contributed by atoms with van der Waals surface area (Å²) in [5.41, 5.74) is 0. The summed E-state index contributed by atoms with van der Waals surface area (Å²) in [7, 11) is 0. The van der Waals surface area contributed by atoms with Crippen LogP contribution in [0, 0.1) is 11.8 Å². The van der Waals surface area contributed by atoms with E-state index in [2.05, 4.69) is 13.8 Å². The topological polar surface area (TPSA) is 63.6 Å². The van der Waals surface area contributed by atoms with Gasteiger partial charge in [0.15, 0.2) is 0 Å². The lowest BCUT2D eigenvalue weighted by Crippen LogP contribution is -2.33. The van der Waals surface area contributed by atoms with E-state index in [0.717, 1.165) is 32.1 Å². The monoisotopic (exact) mass is 450 g/mol. The van der Waals surface area contributed by atoms with E-state index in [1.165, 1.54) is 83.5 Å². The van der Waals surface area contributed by atoms with E-state index >= 15 is 0 Å². The first-order valence-electron chi connectivity index (χ1n) is 13.7. The second kappa shape index (κ2) is 19.2. The number of ether oxygens (including phenoxy) is 1. The molecule has 0 heterocycles. The summed E-state index contributed by atoms with van der Waals surface area (Å²) in [6.45, 7) is 4.48. The molecule has 4 heteroatoms. The maximum absolute atomic E-state index is 12.8. The van der Waals surface area contributed by atoms with Gasteiger partial charge in [-0.15, -0.1) is 0 Å². The van der Waals surface area contributed by atoms with Crippen LogP contribution in [0.15, 0.2) is 12.2 Å². The third kappa shape index (κ3) is 13.3. The Morgan fingerprint density at radius 2 is 1.28 bits per heavy atom. The van der Waals surface area contributed by atoms with Crippen LogP contribution >= 0.6 is 0 Å². The SMILES string of the molecule is CCCCCCCCCCC(CCCCCCCCC)OC(=O)C1C=CCCC1C(=O)O. The van der Waals surface area contributed by atoms with Crippen LogP contribution in [-0.2, 0) is 14.3 Å². The quantitative estimate of drug-likeness (QED) is 0.115. The number of carbonyl (C=O) groups is 2. The Balaban J connectivity index is 2.43. The highest BCUT2D eigenvalue weighted by Crippen LogP contribution is 2.28. The van der Waals surface area contributed by atoms with E-state index in [0.29, 0.717) is 6.42 Å². The van der Waals surface area contributed by atoms with E-state index in [1.807, 2.05) is 6.08 Å². The molecular formula is C28H50O4. The average molecular weight is 451 g/mol. The molecule has 0 aromatic heterocycles. The number of hydrogen-bond acceptors (Lipinski definition) is 3. The minimum absolute atomic E-state index is 0.0667. The minimum Gasteiger partial charge on any atom is -0.481 e. The fourth-order valence-electron chi connectivity index (χ4n) is 4.69. The van der Waals surface area contributed by atoms with Gasteiger partial charge in [0.1, 0.15) is 6.10 Å². The molecule has 0 saturated carbocycles. The number of unbranched alkanes of at least 4 members (excludes halogenated alkanes) is 13. The van der Waals surface area contributed by atoms with Crippen LogP contribution < -0.4 is 0 Å². The Hall–Kier alpha value is -1.32. The Morgan fingerprint density at radius 1 is 0.812 bits per heavy atom. The minimum atomic E-state index is -0.886. The van der Waals surface area contributed by atoms with Gasteiger partial charge in [0.25, 0.3) is 0 Å². The standard InChI is InChI=1S/C28H50O4/c1-3-5-7-9-11-13-15-17-21-24(20-16-14-12-10-8-6-4-2)32-28(31)26-23-19-18-22-25(26)27(29)30/h19,23-26H,3-18,20-22H2,1-2H3,(H,29,30). The lowest BCUT2D eigenvalue weighted by atomic mass is 9.84. The predicted molar refractivity (Wildman–Crippen MR) is 133 cm³/mol. The molecule has 0 fully saturated rings. The number of carboxylic acids is 1. The molecule has 0 spiro atoms. The Bertz CT molecular complexity index is 514. The van der Waals surface area contributed by atoms with Crippen LogP contribution in [0.3, 0.4) is 0 Å². The van der Waals surface area contributed by atoms with Crippen molar-refractivity contribution in [2.45, 2.75) is 142 Å². The first-order valence-corrected chi connectivity index (χ1v) is 13.7. The average Bonchev–Trinajstić information content (AvgIpc) is 2.79. The second-order valence-electron chi connectivity index (χ2n) is 9.71. The van der Waals surface area contributed by atoms with E-state index < -0.39 is 17.8 Å². The number of carboxylic acid groups (broad SMARTS) is 1. The van der Waals surface area contributed by atoms with Crippen molar-refractivity contribution < 1.29 is 19.4 Å². The molecule has 0 radical (unpaired) electrons. The largest absolute Gasteiger partial charge is 0.481 e. The zero-order chi connectivity index (χ0) is 23.4. The van der Waals surface area contributed by atoms with Crippen molar-refractivity contribution in [3.05, 3.63) is 12.2 Å². The van der Waals surface area contributed by atoms with E-state index in [1.54, 1.807) is 6.08 Å². The second-order valence-corrected chi connectivity index (χ2v) is 9.71. The first kappa shape index (κ1) is 28.7. The maximum Gasteiger partial charge on any atom is 0.313 e. The number of rotatable bonds is 20. The highest BCUT2D eigenvalue weighted by Gasteiger charge is 2.35. The maximum atomic E-state index is 12.8. The van der Waals surface area contributed by atoms with Gasteiger partial charge in [-0.3, -0.25) is 9.59 Å². The van der Waals surface area contributed by atoms with Crippen LogP contribution in [0.25, 0.3) is 0 Å². The van der Waals surface area contributed by atoms with Gasteiger partial charge in [-0.25, -0.2) is 0 Å². The molecule has 0 bridgehead atoms. The molecule has 0 aliphatic heterocycles.